The summed E-state index contributed by atoms with van der Waals surface area (Å²) in [5, 5.41) is 20.9. The lowest BCUT2D eigenvalue weighted by Crippen LogP contribution is -2.46. The maximum Gasteiger partial charge on any atom is 0.262 e. The summed E-state index contributed by atoms with van der Waals surface area (Å²) >= 11 is 14.2. The van der Waals surface area contributed by atoms with Gasteiger partial charge in [0.25, 0.3) is 5.56 Å². The van der Waals surface area contributed by atoms with Crippen LogP contribution in [0.1, 0.15) is 36.1 Å². The first-order chi connectivity index (χ1) is 25.2. The zero-order valence-corrected chi connectivity index (χ0v) is 30.4. The fourth-order valence-corrected chi connectivity index (χ4v) is 7.55. The van der Waals surface area contributed by atoms with Crippen LogP contribution in [0.15, 0.2) is 71.7 Å². The molecule has 0 radical (unpaired) electrons. The Bertz CT molecular complexity index is 2190. The Labute approximate surface area is 311 Å². The molecule has 2 aromatic carbocycles. The first-order valence-corrected chi connectivity index (χ1v) is 18.1. The maximum absolute atomic E-state index is 13.5. The molecule has 1 amide bonds. The van der Waals surface area contributed by atoms with Crippen LogP contribution in [-0.4, -0.2) is 70.4 Å². The van der Waals surface area contributed by atoms with Gasteiger partial charge in [0.05, 0.1) is 41.1 Å². The van der Waals surface area contributed by atoms with Crippen LogP contribution in [0.5, 0.6) is 5.88 Å². The van der Waals surface area contributed by atoms with Crippen molar-refractivity contribution in [2.75, 3.05) is 26.9 Å². The van der Waals surface area contributed by atoms with Crippen LogP contribution in [0, 0.1) is 6.92 Å². The third-order valence-corrected chi connectivity index (χ3v) is 10.6. The number of amides is 1. The summed E-state index contributed by atoms with van der Waals surface area (Å²) in [6.45, 7) is 4.18. The molecule has 11 nitrogen and oxygen atoms in total. The smallest absolute Gasteiger partial charge is 0.262 e. The van der Waals surface area contributed by atoms with Gasteiger partial charge in [-0.05, 0) is 43.5 Å². The fraction of sp³-hybridized carbons (Fsp3) is 0.333. The van der Waals surface area contributed by atoms with E-state index in [4.69, 9.17) is 42.6 Å². The number of benzene rings is 2. The van der Waals surface area contributed by atoms with Gasteiger partial charge in [-0.25, -0.2) is 9.97 Å². The van der Waals surface area contributed by atoms with Crippen molar-refractivity contribution in [1.82, 2.24) is 30.3 Å². The molecule has 3 aromatic heterocycles. The normalized spacial score (nSPS) is 18.9. The van der Waals surface area contributed by atoms with Crippen molar-refractivity contribution in [3.05, 3.63) is 104 Å². The van der Waals surface area contributed by atoms with Crippen LogP contribution in [-0.2, 0) is 22.6 Å². The van der Waals surface area contributed by atoms with Crippen molar-refractivity contribution in [1.29, 1.82) is 0 Å². The standard InChI is InChI=1S/C39H40Cl2N6O5/c1-22-30(20-42-19-25-10-12-35(49)45-25)39(50)47-15-13-23(17-34(47)44-22)26-5-3-6-27(36(26)40)28-7-4-8-29(37(28)41)31-11-9-24(38(46-31)51-2)18-43-32-14-16-52-21-33(32)48/h3-9,11,13,15,17,25,32-33,42-43,48H,10,12,14,16,18-21H2,1-2H3,(H,45,49)/t25-,32-,33-/m0/s1. The number of aryl methyl sites for hydroxylation is 1. The van der Waals surface area contributed by atoms with Gasteiger partial charge in [-0.1, -0.05) is 65.7 Å². The zero-order valence-electron chi connectivity index (χ0n) is 28.9. The van der Waals surface area contributed by atoms with Crippen molar-refractivity contribution < 1.29 is 19.4 Å². The number of carbonyl (C=O) groups excluding carboxylic acids is 1. The number of aliphatic hydroxyl groups excluding tert-OH is 1. The highest BCUT2D eigenvalue weighted by Crippen LogP contribution is 2.42. The van der Waals surface area contributed by atoms with Gasteiger partial charge in [-0.3, -0.25) is 14.0 Å². The molecule has 0 bridgehead atoms. The largest absolute Gasteiger partial charge is 0.481 e. The number of fused-ring (bicyclic) bond motifs is 1. The van der Waals surface area contributed by atoms with Crippen molar-refractivity contribution in [2.45, 2.75) is 57.5 Å². The van der Waals surface area contributed by atoms with E-state index >= 15 is 0 Å². The summed E-state index contributed by atoms with van der Waals surface area (Å²) in [6.07, 6.45) is 3.20. The summed E-state index contributed by atoms with van der Waals surface area (Å²) in [6, 6.07) is 19.1. The third-order valence-electron chi connectivity index (χ3n) is 9.80. The number of aromatic nitrogens is 3. The van der Waals surface area contributed by atoms with Gasteiger partial charge in [-0.2, -0.15) is 0 Å². The van der Waals surface area contributed by atoms with Crippen LogP contribution < -0.4 is 26.2 Å². The Hall–Kier alpha value is -4.36. The first-order valence-electron chi connectivity index (χ1n) is 17.3. The predicted octanol–water partition coefficient (Wildman–Crippen LogP) is 5.32. The van der Waals surface area contributed by atoms with Crippen molar-refractivity contribution >= 4 is 34.8 Å². The molecule has 2 fully saturated rings. The lowest BCUT2D eigenvalue weighted by Gasteiger charge is -2.28. The molecule has 0 spiro atoms. The zero-order chi connectivity index (χ0) is 36.4. The topological polar surface area (TPSA) is 139 Å². The Kier molecular flexibility index (Phi) is 10.9. The Morgan fingerprint density at radius 2 is 1.73 bits per heavy atom. The number of hydrogen-bond acceptors (Lipinski definition) is 9. The summed E-state index contributed by atoms with van der Waals surface area (Å²) < 4.78 is 12.5. The molecule has 2 aliphatic heterocycles. The van der Waals surface area contributed by atoms with Gasteiger partial charge in [0.1, 0.15) is 5.65 Å². The highest BCUT2D eigenvalue weighted by atomic mass is 35.5. The average Bonchev–Trinajstić information content (AvgIpc) is 3.57. The minimum atomic E-state index is -0.563. The number of hydrogen-bond donors (Lipinski definition) is 4. The summed E-state index contributed by atoms with van der Waals surface area (Å²) in [7, 11) is 1.58. The van der Waals surface area contributed by atoms with Gasteiger partial charge >= 0.3 is 0 Å². The van der Waals surface area contributed by atoms with Crippen molar-refractivity contribution in [3.8, 4) is 39.4 Å². The Morgan fingerprint density at radius 3 is 2.46 bits per heavy atom. The molecule has 7 rings (SSSR count). The molecule has 0 aliphatic carbocycles. The highest BCUT2D eigenvalue weighted by Gasteiger charge is 2.24. The molecule has 52 heavy (non-hydrogen) atoms. The molecule has 4 N–H and O–H groups in total. The van der Waals surface area contributed by atoms with E-state index in [9.17, 15) is 14.7 Å². The molecular formula is C39H40Cl2N6O5. The monoisotopic (exact) mass is 742 g/mol. The van der Waals surface area contributed by atoms with Crippen LogP contribution in [0.25, 0.3) is 39.2 Å². The average molecular weight is 744 g/mol. The van der Waals surface area contributed by atoms with Crippen molar-refractivity contribution in [2.24, 2.45) is 0 Å². The molecule has 270 valence electrons. The lowest BCUT2D eigenvalue weighted by molar-refractivity contribution is -0.119. The van der Waals surface area contributed by atoms with Gasteiger partial charge in [0.15, 0.2) is 0 Å². The molecule has 13 heteroatoms. The Morgan fingerprint density at radius 1 is 0.981 bits per heavy atom. The number of rotatable bonds is 11. The molecule has 5 heterocycles. The number of nitrogens with zero attached hydrogens (tertiary/aromatic N) is 3. The van der Waals surface area contributed by atoms with E-state index in [1.165, 1.54) is 0 Å². The number of nitrogens with one attached hydrogen (secondary N) is 3. The fourth-order valence-electron chi connectivity index (χ4n) is 6.89. The van der Waals surface area contributed by atoms with Gasteiger partial charge < -0.3 is 30.5 Å². The molecule has 2 saturated heterocycles. The minimum Gasteiger partial charge on any atom is -0.481 e. The van der Waals surface area contributed by atoms with Crippen molar-refractivity contribution in [3.63, 3.8) is 0 Å². The van der Waals surface area contributed by atoms with E-state index in [0.29, 0.717) is 77.8 Å². The number of carbonyl (C=O) groups is 1. The first kappa shape index (κ1) is 36.0. The van der Waals surface area contributed by atoms with Gasteiger partial charge in [0.2, 0.25) is 11.8 Å². The van der Waals surface area contributed by atoms with E-state index in [1.807, 2.05) is 67.6 Å². The summed E-state index contributed by atoms with van der Waals surface area (Å²) in [5.41, 5.74) is 6.87. The van der Waals surface area contributed by atoms with Crippen LogP contribution in [0.2, 0.25) is 10.0 Å². The maximum atomic E-state index is 13.5. The second-order valence-electron chi connectivity index (χ2n) is 13.2. The SMILES string of the molecule is COc1nc(-c2cccc(-c3cccc(-c4ccn5c(=O)c(CNC[C@@H]6CCC(=O)N6)c(C)nc5c4)c3Cl)c2Cl)ccc1CN[C@H]1CCOC[C@@H]1O. The van der Waals surface area contributed by atoms with Crippen LogP contribution >= 0.6 is 23.2 Å². The molecule has 0 saturated carbocycles. The van der Waals surface area contributed by atoms with Crippen LogP contribution in [0.3, 0.4) is 0 Å². The minimum absolute atomic E-state index is 0.0615. The molecule has 3 atom stereocenters. The molecule has 2 aliphatic rings. The van der Waals surface area contributed by atoms with Crippen LogP contribution in [0.4, 0.5) is 0 Å². The van der Waals surface area contributed by atoms with E-state index in [1.54, 1.807) is 17.7 Å². The second kappa shape index (κ2) is 15.7. The summed E-state index contributed by atoms with van der Waals surface area (Å²) in [4.78, 5) is 34.6. The number of aliphatic hydroxyl groups is 1. The van der Waals surface area contributed by atoms with E-state index < -0.39 is 6.10 Å². The lowest BCUT2D eigenvalue weighted by atomic mass is 9.97. The number of halogens is 2. The molecule has 0 unspecified atom stereocenters. The third kappa shape index (κ3) is 7.43. The predicted molar refractivity (Wildman–Crippen MR) is 202 cm³/mol. The van der Waals surface area contributed by atoms with E-state index in [-0.39, 0.29) is 23.6 Å². The molecular weight excluding hydrogens is 703 g/mol. The second-order valence-corrected chi connectivity index (χ2v) is 13.9. The quantitative estimate of drug-likeness (QED) is 0.142. The molecule has 5 aromatic rings. The van der Waals surface area contributed by atoms with E-state index in [2.05, 4.69) is 16.0 Å². The van der Waals surface area contributed by atoms with Gasteiger partial charge in [-0.15, -0.1) is 0 Å². The number of ether oxygens (including phenoxy) is 2. The number of methoxy groups -OCH3 is 1. The Balaban J connectivity index is 1.13. The van der Waals surface area contributed by atoms with E-state index in [0.717, 1.165) is 46.2 Å². The van der Waals surface area contributed by atoms with Gasteiger partial charge in [0, 0.05) is 84.5 Å². The highest BCUT2D eigenvalue weighted by molar-refractivity contribution is 6.39. The number of pyridine rings is 2. The summed E-state index contributed by atoms with van der Waals surface area (Å²) in [5.74, 6) is 0.529.